The zero-order valence-electron chi connectivity index (χ0n) is 18.9. The molecule has 0 bridgehead atoms. The SMILES string of the molecule is CCCCCN(CCCCC)CC(C)NC(=O)Cn1nc(C(F)(F)F)c(Cl)c1C1CC1. The number of hydrogen-bond acceptors (Lipinski definition) is 3. The Morgan fingerprint density at radius 3 is 2.26 bits per heavy atom. The van der Waals surface area contributed by atoms with Gasteiger partial charge in [-0.15, -0.1) is 0 Å². The first-order chi connectivity index (χ1) is 14.7. The number of carbonyl (C=O) groups excluding carboxylic acids is 1. The highest BCUT2D eigenvalue weighted by Gasteiger charge is 2.42. The van der Waals surface area contributed by atoms with Crippen LogP contribution in [0.2, 0.25) is 5.02 Å². The lowest BCUT2D eigenvalue weighted by atomic mass is 10.2. The highest BCUT2D eigenvalue weighted by Crippen LogP contribution is 2.46. The molecule has 1 atom stereocenters. The molecule has 1 fully saturated rings. The van der Waals surface area contributed by atoms with Gasteiger partial charge in [-0.3, -0.25) is 9.48 Å². The number of alkyl halides is 3. The molecule has 9 heteroatoms. The molecule has 0 aliphatic heterocycles. The zero-order valence-corrected chi connectivity index (χ0v) is 19.7. The van der Waals surface area contributed by atoms with E-state index in [1.807, 2.05) is 6.92 Å². The zero-order chi connectivity index (χ0) is 23.0. The maximum Gasteiger partial charge on any atom is 0.436 e. The molecule has 0 aromatic carbocycles. The number of aromatic nitrogens is 2. The van der Waals surface area contributed by atoms with E-state index >= 15 is 0 Å². The molecular weight excluding hydrogens is 429 g/mol. The highest BCUT2D eigenvalue weighted by molar-refractivity contribution is 6.32. The average Bonchev–Trinajstić information content (AvgIpc) is 3.44. The predicted molar refractivity (Wildman–Crippen MR) is 117 cm³/mol. The van der Waals surface area contributed by atoms with E-state index in [0.717, 1.165) is 62.8 Å². The third-order valence-electron chi connectivity index (χ3n) is 5.55. The molecule has 1 aliphatic rings. The van der Waals surface area contributed by atoms with Crippen LogP contribution in [0.1, 0.15) is 89.4 Å². The van der Waals surface area contributed by atoms with Gasteiger partial charge in [-0.1, -0.05) is 51.1 Å². The second kappa shape index (κ2) is 12.1. The number of nitrogens with zero attached hydrogens (tertiary/aromatic N) is 3. The second-order valence-corrected chi connectivity index (χ2v) is 9.04. The summed E-state index contributed by atoms with van der Waals surface area (Å²) >= 11 is 5.99. The van der Waals surface area contributed by atoms with Gasteiger partial charge < -0.3 is 10.2 Å². The Balaban J connectivity index is 1.96. The summed E-state index contributed by atoms with van der Waals surface area (Å²) in [5.41, 5.74) is -0.771. The average molecular weight is 465 g/mol. The first kappa shape index (κ1) is 26.0. The van der Waals surface area contributed by atoms with Gasteiger partial charge in [0.1, 0.15) is 6.54 Å². The number of carbonyl (C=O) groups is 1. The standard InChI is InChI=1S/C22H36ClF3N4O/c1-4-6-8-12-29(13-9-7-5-2)14-16(3)27-18(31)15-30-20(17-10-11-17)19(23)21(28-30)22(24,25)26/h16-17H,4-15H2,1-3H3,(H,27,31). The van der Waals surface area contributed by atoms with Gasteiger partial charge in [-0.2, -0.15) is 18.3 Å². The summed E-state index contributed by atoms with van der Waals surface area (Å²) in [6.45, 7) is 8.74. The van der Waals surface area contributed by atoms with E-state index in [9.17, 15) is 18.0 Å². The van der Waals surface area contributed by atoms with E-state index in [0.29, 0.717) is 5.69 Å². The summed E-state index contributed by atoms with van der Waals surface area (Å²) < 4.78 is 40.8. The number of rotatable bonds is 14. The first-order valence-electron chi connectivity index (χ1n) is 11.5. The number of halogens is 4. The minimum atomic E-state index is -4.63. The molecular formula is C22H36ClF3N4O. The molecule has 2 rings (SSSR count). The molecule has 1 heterocycles. The largest absolute Gasteiger partial charge is 0.436 e. The Morgan fingerprint density at radius 1 is 1.19 bits per heavy atom. The van der Waals surface area contributed by atoms with E-state index in [-0.39, 0.29) is 29.4 Å². The third-order valence-corrected chi connectivity index (χ3v) is 5.93. The molecule has 5 nitrogen and oxygen atoms in total. The van der Waals surface area contributed by atoms with Crippen molar-refractivity contribution >= 4 is 17.5 Å². The van der Waals surface area contributed by atoms with Crippen molar-refractivity contribution in [2.75, 3.05) is 19.6 Å². The number of unbranched alkanes of at least 4 members (excludes halogenated alkanes) is 4. The third kappa shape index (κ3) is 8.29. The topological polar surface area (TPSA) is 50.2 Å². The Bertz CT molecular complexity index is 694. The van der Waals surface area contributed by atoms with Crippen LogP contribution in [-0.4, -0.2) is 46.3 Å². The number of amides is 1. The van der Waals surface area contributed by atoms with E-state index in [1.165, 1.54) is 12.8 Å². The van der Waals surface area contributed by atoms with E-state index in [4.69, 9.17) is 11.6 Å². The fraction of sp³-hybridized carbons (Fsp3) is 0.818. The fourth-order valence-electron chi connectivity index (χ4n) is 3.86. The molecule has 0 radical (unpaired) electrons. The van der Waals surface area contributed by atoms with Crippen molar-refractivity contribution in [1.29, 1.82) is 0 Å². The molecule has 1 aliphatic carbocycles. The van der Waals surface area contributed by atoms with Crippen LogP contribution in [0.15, 0.2) is 0 Å². The Morgan fingerprint density at radius 2 is 1.77 bits per heavy atom. The van der Waals surface area contributed by atoms with Gasteiger partial charge in [0, 0.05) is 18.5 Å². The lowest BCUT2D eigenvalue weighted by Gasteiger charge is -2.26. The summed E-state index contributed by atoms with van der Waals surface area (Å²) in [7, 11) is 0. The monoisotopic (exact) mass is 464 g/mol. The Hall–Kier alpha value is -1.28. The van der Waals surface area contributed by atoms with Crippen LogP contribution in [0.3, 0.4) is 0 Å². The Kier molecular flexibility index (Phi) is 10.1. The van der Waals surface area contributed by atoms with Crippen LogP contribution >= 0.6 is 11.6 Å². The molecule has 0 saturated heterocycles. The van der Waals surface area contributed by atoms with Crippen LogP contribution < -0.4 is 5.32 Å². The summed E-state index contributed by atoms with van der Waals surface area (Å²) in [5, 5.41) is 6.20. The molecule has 1 aromatic rings. The van der Waals surface area contributed by atoms with Crippen LogP contribution in [0, 0.1) is 0 Å². The minimum Gasteiger partial charge on any atom is -0.351 e. The van der Waals surface area contributed by atoms with Crippen molar-refractivity contribution in [2.24, 2.45) is 0 Å². The molecule has 1 amide bonds. The van der Waals surface area contributed by atoms with E-state index < -0.39 is 11.9 Å². The second-order valence-electron chi connectivity index (χ2n) is 8.66. The summed E-state index contributed by atoms with van der Waals surface area (Å²) in [6.07, 6.45) is 3.83. The highest BCUT2D eigenvalue weighted by atomic mass is 35.5. The van der Waals surface area contributed by atoms with Crippen molar-refractivity contribution in [2.45, 2.75) is 96.8 Å². The molecule has 31 heavy (non-hydrogen) atoms. The summed E-state index contributed by atoms with van der Waals surface area (Å²) in [5.74, 6) is -0.390. The van der Waals surface area contributed by atoms with Gasteiger partial charge >= 0.3 is 6.18 Å². The maximum absolute atomic E-state index is 13.2. The minimum absolute atomic E-state index is 0.0473. The summed E-state index contributed by atoms with van der Waals surface area (Å²) in [6, 6.07) is -0.103. The van der Waals surface area contributed by atoms with Gasteiger partial charge in [-0.05, 0) is 45.7 Å². The predicted octanol–water partition coefficient (Wildman–Crippen LogP) is 5.62. The lowest BCUT2D eigenvalue weighted by Crippen LogP contribution is -2.44. The Labute approximate surface area is 188 Å². The molecule has 1 unspecified atom stereocenters. The molecule has 0 spiro atoms. The smallest absolute Gasteiger partial charge is 0.351 e. The van der Waals surface area contributed by atoms with Gasteiger partial charge in [0.15, 0.2) is 5.69 Å². The van der Waals surface area contributed by atoms with Crippen molar-refractivity contribution in [1.82, 2.24) is 20.0 Å². The van der Waals surface area contributed by atoms with E-state index in [1.54, 1.807) is 0 Å². The van der Waals surface area contributed by atoms with Gasteiger partial charge in [-0.25, -0.2) is 0 Å². The van der Waals surface area contributed by atoms with Crippen molar-refractivity contribution in [3.8, 4) is 0 Å². The van der Waals surface area contributed by atoms with Crippen molar-refractivity contribution in [3.63, 3.8) is 0 Å². The number of nitrogens with one attached hydrogen (secondary N) is 1. The van der Waals surface area contributed by atoms with Gasteiger partial charge in [0.05, 0.1) is 10.7 Å². The normalized spacial score (nSPS) is 15.5. The lowest BCUT2D eigenvalue weighted by molar-refractivity contribution is -0.141. The number of hydrogen-bond donors (Lipinski definition) is 1. The quantitative estimate of drug-likeness (QED) is 0.363. The fourth-order valence-corrected chi connectivity index (χ4v) is 4.25. The van der Waals surface area contributed by atoms with Crippen LogP contribution in [0.25, 0.3) is 0 Å². The van der Waals surface area contributed by atoms with Crippen LogP contribution in [0.4, 0.5) is 13.2 Å². The van der Waals surface area contributed by atoms with Crippen molar-refractivity contribution < 1.29 is 18.0 Å². The van der Waals surface area contributed by atoms with Gasteiger partial charge in [0.25, 0.3) is 0 Å². The van der Waals surface area contributed by atoms with Gasteiger partial charge in [0.2, 0.25) is 5.91 Å². The van der Waals surface area contributed by atoms with Crippen LogP contribution in [0.5, 0.6) is 0 Å². The molecule has 178 valence electrons. The molecule has 1 aromatic heterocycles. The first-order valence-corrected chi connectivity index (χ1v) is 11.9. The molecule has 1 saturated carbocycles. The van der Waals surface area contributed by atoms with Crippen molar-refractivity contribution in [3.05, 3.63) is 16.4 Å². The van der Waals surface area contributed by atoms with Crippen LogP contribution in [-0.2, 0) is 17.5 Å². The summed E-state index contributed by atoms with van der Waals surface area (Å²) in [4.78, 5) is 14.9. The molecule has 1 N–H and O–H groups in total. The maximum atomic E-state index is 13.2. The van der Waals surface area contributed by atoms with E-state index in [2.05, 4.69) is 29.2 Å².